The lowest BCUT2D eigenvalue weighted by Gasteiger charge is -2.18. The molecule has 2 aromatic carbocycles. The van der Waals surface area contributed by atoms with Gasteiger partial charge in [-0.15, -0.1) is 20.4 Å². The van der Waals surface area contributed by atoms with E-state index in [1.165, 1.54) is 16.4 Å². The molecular formula is C20H16N8OS. The van der Waals surface area contributed by atoms with Gasteiger partial charge < -0.3 is 0 Å². The second-order valence-electron chi connectivity index (χ2n) is 6.61. The first kappa shape index (κ1) is 18.3. The second kappa shape index (κ2) is 7.56. The van der Waals surface area contributed by atoms with Gasteiger partial charge in [0.15, 0.2) is 5.82 Å². The van der Waals surface area contributed by atoms with E-state index >= 15 is 0 Å². The van der Waals surface area contributed by atoms with Crippen molar-refractivity contribution < 1.29 is 0 Å². The van der Waals surface area contributed by atoms with Crippen LogP contribution in [0.2, 0.25) is 0 Å². The Labute approximate surface area is 175 Å². The molecule has 0 saturated heterocycles. The molecule has 1 N–H and O–H groups in total. The minimum absolute atomic E-state index is 0.168. The lowest BCUT2D eigenvalue weighted by molar-refractivity contribution is 0.597. The van der Waals surface area contributed by atoms with Crippen LogP contribution in [0.4, 0.5) is 5.69 Å². The molecule has 0 unspecified atom stereocenters. The van der Waals surface area contributed by atoms with E-state index in [9.17, 15) is 4.79 Å². The maximum atomic E-state index is 12.7. The molecule has 1 aliphatic heterocycles. The van der Waals surface area contributed by atoms with Gasteiger partial charge in [-0.3, -0.25) is 10.2 Å². The SMILES string of the molecule is CC1=C(N=Nc2ccccc2)Sc2nnc(Cn3ncc4ccccc4c3=O)n2N1. The van der Waals surface area contributed by atoms with Gasteiger partial charge in [0.25, 0.3) is 5.56 Å². The summed E-state index contributed by atoms with van der Waals surface area (Å²) < 4.78 is 3.13. The molecule has 0 aliphatic carbocycles. The van der Waals surface area contributed by atoms with Crippen LogP contribution in [0.15, 0.2) is 91.7 Å². The summed E-state index contributed by atoms with van der Waals surface area (Å²) in [6.45, 7) is 2.10. The maximum Gasteiger partial charge on any atom is 0.275 e. The van der Waals surface area contributed by atoms with Gasteiger partial charge in [-0.2, -0.15) is 5.10 Å². The molecule has 0 bridgehead atoms. The van der Waals surface area contributed by atoms with Gasteiger partial charge in [0, 0.05) is 5.39 Å². The second-order valence-corrected chi connectivity index (χ2v) is 7.56. The standard InChI is InChI=1S/C20H16N8OS/c1-13-18(24-22-15-8-3-2-4-9-15)30-20-25-23-17(28(20)26-13)12-27-19(29)16-10-6-5-7-14(16)11-21-27/h2-11,26H,12H2,1H3. The molecule has 0 spiro atoms. The number of hydrogen-bond donors (Lipinski definition) is 1. The molecule has 0 amide bonds. The van der Waals surface area contributed by atoms with Crippen LogP contribution in [-0.4, -0.2) is 24.7 Å². The lowest BCUT2D eigenvalue weighted by Crippen LogP contribution is -2.27. The summed E-state index contributed by atoms with van der Waals surface area (Å²) >= 11 is 1.36. The molecule has 10 heteroatoms. The van der Waals surface area contributed by atoms with Crippen LogP contribution in [0.3, 0.4) is 0 Å². The van der Waals surface area contributed by atoms with Gasteiger partial charge in [0.1, 0.15) is 11.6 Å². The third kappa shape index (κ3) is 3.37. The fraction of sp³-hybridized carbons (Fsp3) is 0.100. The normalized spacial score (nSPS) is 13.6. The number of nitrogens with zero attached hydrogens (tertiary/aromatic N) is 7. The number of allylic oxidation sites excluding steroid dienone is 1. The fourth-order valence-corrected chi connectivity index (χ4v) is 3.80. The molecule has 0 saturated carbocycles. The molecule has 9 nitrogen and oxygen atoms in total. The van der Waals surface area contributed by atoms with Gasteiger partial charge in [0.05, 0.1) is 23.0 Å². The van der Waals surface area contributed by atoms with Crippen LogP contribution in [0.1, 0.15) is 12.7 Å². The third-order valence-corrected chi connectivity index (χ3v) is 5.58. The Morgan fingerprint density at radius 3 is 2.70 bits per heavy atom. The number of azo groups is 1. The summed E-state index contributed by atoms with van der Waals surface area (Å²) in [6, 6.07) is 16.9. The number of aromatic nitrogens is 5. The van der Waals surface area contributed by atoms with Gasteiger partial charge in [-0.05, 0) is 36.9 Å². The van der Waals surface area contributed by atoms with E-state index in [1.807, 2.05) is 55.5 Å². The lowest BCUT2D eigenvalue weighted by atomic mass is 10.2. The molecule has 0 fully saturated rings. The third-order valence-electron chi connectivity index (χ3n) is 4.55. The zero-order valence-electron chi connectivity index (χ0n) is 15.9. The number of benzene rings is 2. The van der Waals surface area contributed by atoms with E-state index in [0.717, 1.165) is 16.8 Å². The highest BCUT2D eigenvalue weighted by atomic mass is 32.2. The maximum absolute atomic E-state index is 12.7. The van der Waals surface area contributed by atoms with E-state index in [2.05, 4.69) is 31.0 Å². The van der Waals surface area contributed by atoms with Gasteiger partial charge in [-0.1, -0.05) is 36.4 Å². The fourth-order valence-electron chi connectivity index (χ4n) is 3.03. The molecule has 148 valence electrons. The van der Waals surface area contributed by atoms with Crippen molar-refractivity contribution in [2.75, 3.05) is 5.43 Å². The average molecular weight is 416 g/mol. The Bertz CT molecular complexity index is 1360. The highest BCUT2D eigenvalue weighted by molar-refractivity contribution is 8.03. The molecule has 0 radical (unpaired) electrons. The monoisotopic (exact) mass is 416 g/mol. The van der Waals surface area contributed by atoms with Crippen molar-refractivity contribution in [1.82, 2.24) is 24.7 Å². The first-order valence-electron chi connectivity index (χ1n) is 9.21. The molecule has 2 aromatic heterocycles. The summed E-state index contributed by atoms with van der Waals surface area (Å²) in [5.74, 6) is 0.570. The molecular weight excluding hydrogens is 400 g/mol. The molecule has 1 aliphatic rings. The summed E-state index contributed by atoms with van der Waals surface area (Å²) in [5.41, 5.74) is 4.64. The number of nitrogens with one attached hydrogen (secondary N) is 1. The van der Waals surface area contributed by atoms with Crippen LogP contribution in [0.5, 0.6) is 0 Å². The minimum Gasteiger partial charge on any atom is -0.292 e. The van der Waals surface area contributed by atoms with Crippen molar-refractivity contribution in [3.63, 3.8) is 0 Å². The zero-order valence-corrected chi connectivity index (χ0v) is 16.7. The minimum atomic E-state index is -0.168. The molecule has 3 heterocycles. The van der Waals surface area contributed by atoms with Crippen LogP contribution in [0.25, 0.3) is 10.8 Å². The van der Waals surface area contributed by atoms with Crippen molar-refractivity contribution in [1.29, 1.82) is 0 Å². The van der Waals surface area contributed by atoms with Crippen molar-refractivity contribution in [2.45, 2.75) is 18.6 Å². The van der Waals surface area contributed by atoms with Crippen molar-refractivity contribution in [3.8, 4) is 0 Å². The Balaban J connectivity index is 1.41. The number of rotatable bonds is 4. The molecule has 5 rings (SSSR count). The van der Waals surface area contributed by atoms with E-state index in [1.54, 1.807) is 16.9 Å². The predicted molar refractivity (Wildman–Crippen MR) is 114 cm³/mol. The van der Waals surface area contributed by atoms with Crippen LogP contribution < -0.4 is 11.0 Å². The van der Waals surface area contributed by atoms with Gasteiger partial charge in [-0.25, -0.2) is 9.36 Å². The highest BCUT2D eigenvalue weighted by Gasteiger charge is 2.22. The number of thioether (sulfide) groups is 1. The van der Waals surface area contributed by atoms with Crippen molar-refractivity contribution in [2.24, 2.45) is 10.2 Å². The smallest absolute Gasteiger partial charge is 0.275 e. The predicted octanol–water partition coefficient (Wildman–Crippen LogP) is 3.66. The van der Waals surface area contributed by atoms with Crippen molar-refractivity contribution >= 4 is 28.2 Å². The Hall–Kier alpha value is -3.79. The van der Waals surface area contributed by atoms with E-state index in [0.29, 0.717) is 21.4 Å². The van der Waals surface area contributed by atoms with E-state index in [-0.39, 0.29) is 12.1 Å². The zero-order chi connectivity index (χ0) is 20.5. The summed E-state index contributed by atoms with van der Waals surface area (Å²) in [4.78, 5) is 12.7. The van der Waals surface area contributed by atoms with E-state index in [4.69, 9.17) is 0 Å². The first-order valence-corrected chi connectivity index (χ1v) is 10.0. The van der Waals surface area contributed by atoms with Crippen LogP contribution in [-0.2, 0) is 6.54 Å². The largest absolute Gasteiger partial charge is 0.292 e. The summed E-state index contributed by atoms with van der Waals surface area (Å²) in [6.07, 6.45) is 1.68. The van der Waals surface area contributed by atoms with Crippen LogP contribution >= 0.6 is 11.8 Å². The van der Waals surface area contributed by atoms with Gasteiger partial charge >= 0.3 is 0 Å². The van der Waals surface area contributed by atoms with Gasteiger partial charge in [0.2, 0.25) is 5.16 Å². The quantitative estimate of drug-likeness (QED) is 0.510. The number of hydrogen-bond acceptors (Lipinski definition) is 8. The Morgan fingerprint density at radius 2 is 1.83 bits per heavy atom. The molecule has 30 heavy (non-hydrogen) atoms. The summed E-state index contributed by atoms with van der Waals surface area (Å²) in [7, 11) is 0. The topological polar surface area (TPSA) is 102 Å². The highest BCUT2D eigenvalue weighted by Crippen LogP contribution is 2.33. The first-order chi connectivity index (χ1) is 14.7. The number of fused-ring (bicyclic) bond motifs is 2. The molecule has 0 atom stereocenters. The average Bonchev–Trinajstić information content (AvgIpc) is 3.16. The van der Waals surface area contributed by atoms with Crippen LogP contribution in [0, 0.1) is 0 Å². The van der Waals surface area contributed by atoms with E-state index < -0.39 is 0 Å². The Kier molecular flexibility index (Phi) is 4.60. The molecule has 4 aromatic rings. The Morgan fingerprint density at radius 1 is 1.03 bits per heavy atom. The summed E-state index contributed by atoms with van der Waals surface area (Å²) in [5, 5.41) is 24.1. The van der Waals surface area contributed by atoms with Crippen molar-refractivity contribution in [3.05, 3.63) is 87.7 Å².